The number of urea groups is 1. The summed E-state index contributed by atoms with van der Waals surface area (Å²) >= 11 is 0. The molecule has 0 bridgehead atoms. The second-order valence-corrected chi connectivity index (χ2v) is 7.05. The average Bonchev–Trinajstić information content (AvgIpc) is 2.67. The van der Waals surface area contributed by atoms with Gasteiger partial charge in [0.1, 0.15) is 0 Å². The zero-order chi connectivity index (χ0) is 20.1. The standard InChI is InChI=1S/C22H27N3O3/c1-4-28-21(26)18-5-7-20(8-6-18)24-9-11-25(12-10-24)22(27)23-19-14-16(2)13-17(3)15-19/h5-8,13-15H,4,9-12H2,1-3H3,(H,23,27). The molecule has 1 heterocycles. The Balaban J connectivity index is 1.55. The summed E-state index contributed by atoms with van der Waals surface area (Å²) in [4.78, 5) is 28.4. The smallest absolute Gasteiger partial charge is 0.338 e. The van der Waals surface area contributed by atoms with E-state index in [1.165, 1.54) is 0 Å². The van der Waals surface area contributed by atoms with E-state index in [0.29, 0.717) is 25.3 Å². The van der Waals surface area contributed by atoms with Crippen molar-refractivity contribution in [3.8, 4) is 0 Å². The maximum atomic E-state index is 12.6. The fraction of sp³-hybridized carbons (Fsp3) is 0.364. The van der Waals surface area contributed by atoms with Crippen molar-refractivity contribution in [2.75, 3.05) is 43.0 Å². The second-order valence-electron chi connectivity index (χ2n) is 7.05. The van der Waals surface area contributed by atoms with E-state index in [-0.39, 0.29) is 12.0 Å². The first-order chi connectivity index (χ1) is 13.5. The van der Waals surface area contributed by atoms with Crippen molar-refractivity contribution in [2.24, 2.45) is 0 Å². The lowest BCUT2D eigenvalue weighted by molar-refractivity contribution is 0.0526. The number of aryl methyl sites for hydroxylation is 2. The van der Waals surface area contributed by atoms with E-state index in [1.807, 2.05) is 43.0 Å². The number of amides is 2. The number of hydrogen-bond acceptors (Lipinski definition) is 4. The highest BCUT2D eigenvalue weighted by Crippen LogP contribution is 2.19. The average molecular weight is 381 g/mol. The molecular weight excluding hydrogens is 354 g/mol. The van der Waals surface area contributed by atoms with Crippen molar-refractivity contribution >= 4 is 23.4 Å². The van der Waals surface area contributed by atoms with E-state index in [1.54, 1.807) is 19.1 Å². The number of carbonyl (C=O) groups excluding carboxylic acids is 2. The first-order valence-electron chi connectivity index (χ1n) is 9.62. The van der Waals surface area contributed by atoms with Crippen LogP contribution in [0.2, 0.25) is 0 Å². The SMILES string of the molecule is CCOC(=O)c1ccc(N2CCN(C(=O)Nc3cc(C)cc(C)c3)CC2)cc1. The Kier molecular flexibility index (Phi) is 6.19. The Bertz CT molecular complexity index is 820. The van der Waals surface area contributed by atoms with Crippen molar-refractivity contribution < 1.29 is 14.3 Å². The van der Waals surface area contributed by atoms with Crippen LogP contribution in [-0.2, 0) is 4.74 Å². The number of nitrogens with zero attached hydrogens (tertiary/aromatic N) is 2. The Labute approximate surface area is 166 Å². The Morgan fingerprint density at radius 1 is 0.964 bits per heavy atom. The fourth-order valence-corrected chi connectivity index (χ4v) is 3.44. The van der Waals surface area contributed by atoms with Crippen LogP contribution in [-0.4, -0.2) is 49.7 Å². The summed E-state index contributed by atoms with van der Waals surface area (Å²) in [6.07, 6.45) is 0. The van der Waals surface area contributed by atoms with E-state index in [2.05, 4.69) is 16.3 Å². The minimum absolute atomic E-state index is 0.0673. The highest BCUT2D eigenvalue weighted by molar-refractivity contribution is 5.90. The molecule has 0 saturated carbocycles. The van der Waals surface area contributed by atoms with Crippen LogP contribution in [0, 0.1) is 13.8 Å². The van der Waals surface area contributed by atoms with E-state index < -0.39 is 0 Å². The third-order valence-corrected chi connectivity index (χ3v) is 4.78. The number of carbonyl (C=O) groups is 2. The molecule has 1 aliphatic rings. The summed E-state index contributed by atoms with van der Waals surface area (Å²) in [6, 6.07) is 13.4. The highest BCUT2D eigenvalue weighted by Gasteiger charge is 2.21. The lowest BCUT2D eigenvalue weighted by atomic mass is 10.1. The number of esters is 1. The molecular formula is C22H27N3O3. The van der Waals surface area contributed by atoms with Gasteiger partial charge < -0.3 is 19.9 Å². The molecule has 6 heteroatoms. The zero-order valence-electron chi connectivity index (χ0n) is 16.7. The normalized spacial score (nSPS) is 14.0. The van der Waals surface area contributed by atoms with Crippen molar-refractivity contribution in [1.82, 2.24) is 4.90 Å². The van der Waals surface area contributed by atoms with Crippen LogP contribution in [0.4, 0.5) is 16.2 Å². The van der Waals surface area contributed by atoms with Crippen LogP contribution in [0.15, 0.2) is 42.5 Å². The number of hydrogen-bond donors (Lipinski definition) is 1. The van der Waals surface area contributed by atoms with Crippen LogP contribution >= 0.6 is 0 Å². The number of piperazine rings is 1. The largest absolute Gasteiger partial charge is 0.462 e. The van der Waals surface area contributed by atoms with Gasteiger partial charge in [-0.1, -0.05) is 6.07 Å². The molecule has 148 valence electrons. The number of anilines is 2. The predicted molar refractivity (Wildman–Crippen MR) is 111 cm³/mol. The van der Waals surface area contributed by atoms with Gasteiger partial charge in [-0.2, -0.15) is 0 Å². The second kappa shape index (κ2) is 8.78. The third-order valence-electron chi connectivity index (χ3n) is 4.78. The van der Waals surface area contributed by atoms with Crippen molar-refractivity contribution in [3.63, 3.8) is 0 Å². The molecule has 0 aromatic heterocycles. The first kappa shape index (κ1) is 19.7. The van der Waals surface area contributed by atoms with Gasteiger partial charge in [0, 0.05) is 37.6 Å². The topological polar surface area (TPSA) is 61.9 Å². The van der Waals surface area contributed by atoms with Gasteiger partial charge in [-0.25, -0.2) is 9.59 Å². The Hall–Kier alpha value is -3.02. The quantitative estimate of drug-likeness (QED) is 0.818. The third kappa shape index (κ3) is 4.82. The first-order valence-corrected chi connectivity index (χ1v) is 9.62. The van der Waals surface area contributed by atoms with E-state index in [4.69, 9.17) is 4.74 Å². The van der Waals surface area contributed by atoms with Crippen molar-refractivity contribution in [2.45, 2.75) is 20.8 Å². The van der Waals surface area contributed by atoms with Gasteiger partial charge in [-0.15, -0.1) is 0 Å². The highest BCUT2D eigenvalue weighted by atomic mass is 16.5. The maximum Gasteiger partial charge on any atom is 0.338 e. The molecule has 0 spiro atoms. The van der Waals surface area contributed by atoms with Crippen molar-refractivity contribution in [1.29, 1.82) is 0 Å². The molecule has 2 amide bonds. The van der Waals surface area contributed by atoms with E-state index in [9.17, 15) is 9.59 Å². The van der Waals surface area contributed by atoms with Gasteiger partial charge in [-0.05, 0) is 68.3 Å². The van der Waals surface area contributed by atoms with Gasteiger partial charge in [0.2, 0.25) is 0 Å². The number of benzene rings is 2. The molecule has 6 nitrogen and oxygen atoms in total. The summed E-state index contributed by atoms with van der Waals surface area (Å²) in [6.45, 7) is 9.00. The van der Waals surface area contributed by atoms with E-state index >= 15 is 0 Å². The predicted octanol–water partition coefficient (Wildman–Crippen LogP) is 3.83. The van der Waals surface area contributed by atoms with Crippen LogP contribution < -0.4 is 10.2 Å². The minimum Gasteiger partial charge on any atom is -0.462 e. The van der Waals surface area contributed by atoms with E-state index in [0.717, 1.165) is 35.6 Å². The summed E-state index contributed by atoms with van der Waals surface area (Å²) in [7, 11) is 0. The van der Waals surface area contributed by atoms with Crippen LogP contribution in [0.1, 0.15) is 28.4 Å². The molecule has 0 unspecified atom stereocenters. The number of rotatable bonds is 4. The Morgan fingerprint density at radius 2 is 1.57 bits per heavy atom. The number of nitrogens with one attached hydrogen (secondary N) is 1. The molecule has 2 aromatic carbocycles. The molecule has 1 saturated heterocycles. The van der Waals surface area contributed by atoms with Gasteiger partial charge >= 0.3 is 12.0 Å². The van der Waals surface area contributed by atoms with Crippen LogP contribution in [0.25, 0.3) is 0 Å². The molecule has 0 atom stereocenters. The minimum atomic E-state index is -0.304. The summed E-state index contributed by atoms with van der Waals surface area (Å²) < 4.78 is 5.01. The summed E-state index contributed by atoms with van der Waals surface area (Å²) in [5.41, 5.74) is 4.69. The summed E-state index contributed by atoms with van der Waals surface area (Å²) in [5, 5.41) is 3.00. The summed E-state index contributed by atoms with van der Waals surface area (Å²) in [5.74, 6) is -0.304. The Morgan fingerprint density at radius 3 is 2.14 bits per heavy atom. The van der Waals surface area contributed by atoms with Gasteiger partial charge in [-0.3, -0.25) is 0 Å². The number of ether oxygens (including phenoxy) is 1. The van der Waals surface area contributed by atoms with Crippen molar-refractivity contribution in [3.05, 3.63) is 59.2 Å². The van der Waals surface area contributed by atoms with Crippen LogP contribution in [0.5, 0.6) is 0 Å². The molecule has 1 N–H and O–H groups in total. The maximum absolute atomic E-state index is 12.6. The molecule has 3 rings (SSSR count). The molecule has 0 aliphatic carbocycles. The monoisotopic (exact) mass is 381 g/mol. The zero-order valence-corrected chi connectivity index (χ0v) is 16.7. The molecule has 1 aliphatic heterocycles. The van der Waals surface area contributed by atoms with Gasteiger partial charge in [0.05, 0.1) is 12.2 Å². The lowest BCUT2D eigenvalue weighted by Crippen LogP contribution is -2.50. The molecule has 28 heavy (non-hydrogen) atoms. The van der Waals surface area contributed by atoms with Gasteiger partial charge in [0.25, 0.3) is 0 Å². The lowest BCUT2D eigenvalue weighted by Gasteiger charge is -2.36. The molecule has 0 radical (unpaired) electrons. The van der Waals surface area contributed by atoms with Gasteiger partial charge in [0.15, 0.2) is 0 Å². The fourth-order valence-electron chi connectivity index (χ4n) is 3.44. The van der Waals surface area contributed by atoms with Crippen LogP contribution in [0.3, 0.4) is 0 Å². The molecule has 2 aromatic rings. The molecule has 1 fully saturated rings.